The molecule has 1 unspecified atom stereocenters. The Morgan fingerprint density at radius 1 is 1.16 bits per heavy atom. The van der Waals surface area contributed by atoms with Gasteiger partial charge in [-0.15, -0.1) is 0 Å². The Morgan fingerprint density at radius 2 is 1.94 bits per heavy atom. The Bertz CT molecular complexity index is 1070. The SMILES string of the molecule is C=C(N=C(C)OC)c1ccc2c(c1)-c1c(ccc3c1CCC3=O)CC2CCC(CC)CC. The monoisotopic (exact) mass is 429 g/mol. The van der Waals surface area contributed by atoms with Crippen LogP contribution >= 0.6 is 0 Å². The number of carbonyl (C=O) groups excluding carboxylic acids is 1. The highest BCUT2D eigenvalue weighted by Crippen LogP contribution is 2.47. The molecule has 2 aromatic rings. The van der Waals surface area contributed by atoms with Crippen molar-refractivity contribution in [3.63, 3.8) is 0 Å². The van der Waals surface area contributed by atoms with Crippen molar-refractivity contribution in [2.24, 2.45) is 10.9 Å². The second kappa shape index (κ2) is 9.44. The topological polar surface area (TPSA) is 38.7 Å². The highest BCUT2D eigenvalue weighted by Gasteiger charge is 2.31. The minimum absolute atomic E-state index is 0.279. The maximum Gasteiger partial charge on any atom is 0.184 e. The van der Waals surface area contributed by atoms with Crippen molar-refractivity contribution < 1.29 is 9.53 Å². The van der Waals surface area contributed by atoms with Crippen LogP contribution in [0.15, 0.2) is 41.9 Å². The largest absolute Gasteiger partial charge is 0.484 e. The minimum atomic E-state index is 0.279. The molecule has 1 atom stereocenters. The smallest absolute Gasteiger partial charge is 0.184 e. The molecule has 2 aliphatic carbocycles. The summed E-state index contributed by atoms with van der Waals surface area (Å²) in [7, 11) is 1.62. The molecule has 168 valence electrons. The number of benzene rings is 2. The lowest BCUT2D eigenvalue weighted by molar-refractivity contribution is 0.0994. The Balaban J connectivity index is 1.79. The van der Waals surface area contributed by atoms with Crippen LogP contribution in [0.1, 0.15) is 91.4 Å². The number of Topliss-reactive ketones (excluding diaryl/α,β-unsaturated/α-hetero) is 1. The van der Waals surface area contributed by atoms with Crippen molar-refractivity contribution in [1.82, 2.24) is 0 Å². The van der Waals surface area contributed by atoms with Crippen molar-refractivity contribution in [3.8, 4) is 11.1 Å². The first-order valence-electron chi connectivity index (χ1n) is 12.1. The number of rotatable bonds is 7. The van der Waals surface area contributed by atoms with Gasteiger partial charge in [0.15, 0.2) is 11.7 Å². The molecular weight excluding hydrogens is 394 g/mol. The van der Waals surface area contributed by atoms with Gasteiger partial charge in [0.2, 0.25) is 0 Å². The Labute approximate surface area is 192 Å². The zero-order chi connectivity index (χ0) is 22.8. The number of ether oxygens (including phenoxy) is 1. The van der Waals surface area contributed by atoms with E-state index in [0.29, 0.717) is 23.9 Å². The van der Waals surface area contributed by atoms with Gasteiger partial charge in [-0.25, -0.2) is 4.99 Å². The maximum atomic E-state index is 12.5. The fourth-order valence-electron chi connectivity index (χ4n) is 5.47. The van der Waals surface area contributed by atoms with Crippen LogP contribution in [0.4, 0.5) is 0 Å². The van der Waals surface area contributed by atoms with E-state index in [1.54, 1.807) is 7.11 Å². The van der Waals surface area contributed by atoms with Crippen LogP contribution in [-0.4, -0.2) is 18.8 Å². The van der Waals surface area contributed by atoms with Gasteiger partial charge in [0.25, 0.3) is 0 Å². The lowest BCUT2D eigenvalue weighted by Crippen LogP contribution is -2.15. The molecule has 4 rings (SSSR count). The lowest BCUT2D eigenvalue weighted by atomic mass is 9.73. The zero-order valence-corrected chi connectivity index (χ0v) is 20.0. The summed E-state index contributed by atoms with van der Waals surface area (Å²) in [5.41, 5.74) is 9.25. The molecule has 0 fully saturated rings. The van der Waals surface area contributed by atoms with Gasteiger partial charge in [0.05, 0.1) is 12.8 Å². The molecule has 3 nitrogen and oxygen atoms in total. The van der Waals surface area contributed by atoms with Crippen molar-refractivity contribution >= 4 is 17.4 Å². The van der Waals surface area contributed by atoms with Crippen molar-refractivity contribution in [3.05, 3.63) is 64.7 Å². The Morgan fingerprint density at radius 3 is 2.66 bits per heavy atom. The average Bonchev–Trinajstić information content (AvgIpc) is 3.19. The number of methoxy groups -OCH3 is 1. The van der Waals surface area contributed by atoms with E-state index in [4.69, 9.17) is 4.74 Å². The molecule has 0 aromatic heterocycles. The first-order valence-corrected chi connectivity index (χ1v) is 12.1. The van der Waals surface area contributed by atoms with Crippen LogP contribution in [0.25, 0.3) is 16.8 Å². The van der Waals surface area contributed by atoms with E-state index in [0.717, 1.165) is 29.9 Å². The number of nitrogens with zero attached hydrogens (tertiary/aromatic N) is 1. The Kier molecular flexibility index (Phi) is 6.64. The highest BCUT2D eigenvalue weighted by molar-refractivity contribution is 6.03. The molecule has 0 saturated heterocycles. The van der Waals surface area contributed by atoms with E-state index < -0.39 is 0 Å². The van der Waals surface area contributed by atoms with Crippen LogP contribution in [0, 0.1) is 5.92 Å². The summed E-state index contributed by atoms with van der Waals surface area (Å²) >= 11 is 0. The van der Waals surface area contributed by atoms with E-state index in [9.17, 15) is 4.79 Å². The van der Waals surface area contributed by atoms with Crippen LogP contribution in [-0.2, 0) is 17.6 Å². The van der Waals surface area contributed by atoms with Crippen LogP contribution in [0.2, 0.25) is 0 Å². The summed E-state index contributed by atoms with van der Waals surface area (Å²) in [6.07, 6.45) is 7.50. The number of hydrogen-bond acceptors (Lipinski definition) is 3. The molecule has 0 bridgehead atoms. The van der Waals surface area contributed by atoms with Gasteiger partial charge in [0.1, 0.15) is 0 Å². The zero-order valence-electron chi connectivity index (χ0n) is 20.0. The van der Waals surface area contributed by atoms with Gasteiger partial charge in [0, 0.05) is 24.5 Å². The van der Waals surface area contributed by atoms with Crippen molar-refractivity contribution in [1.29, 1.82) is 0 Å². The van der Waals surface area contributed by atoms with Crippen LogP contribution in [0.5, 0.6) is 0 Å². The van der Waals surface area contributed by atoms with Gasteiger partial charge in [-0.2, -0.15) is 0 Å². The minimum Gasteiger partial charge on any atom is -0.484 e. The molecule has 0 spiro atoms. The molecule has 2 aromatic carbocycles. The molecule has 0 heterocycles. The van der Waals surface area contributed by atoms with Gasteiger partial charge < -0.3 is 4.74 Å². The third-order valence-corrected chi connectivity index (χ3v) is 7.53. The molecule has 32 heavy (non-hydrogen) atoms. The van der Waals surface area contributed by atoms with Crippen LogP contribution < -0.4 is 0 Å². The summed E-state index contributed by atoms with van der Waals surface area (Å²) < 4.78 is 5.23. The fourth-order valence-corrected chi connectivity index (χ4v) is 5.47. The quantitative estimate of drug-likeness (QED) is 0.340. The van der Waals surface area contributed by atoms with Gasteiger partial charge in [-0.3, -0.25) is 4.79 Å². The molecule has 2 aliphatic rings. The maximum absolute atomic E-state index is 12.5. The standard InChI is InChI=1S/C29H35NO2/c1-6-20(7-2)8-9-22-16-23-11-13-25-26(14-15-28(25)31)29(23)27-17-21(10-12-24(22)27)18(3)30-19(4)32-5/h10-13,17,20,22H,3,6-9,14-16H2,1-2,4-5H3. The highest BCUT2D eigenvalue weighted by atomic mass is 16.5. The van der Waals surface area contributed by atoms with Crippen molar-refractivity contribution in [2.45, 2.75) is 71.6 Å². The van der Waals surface area contributed by atoms with E-state index >= 15 is 0 Å². The number of fused-ring (bicyclic) bond motifs is 5. The number of hydrogen-bond donors (Lipinski definition) is 0. The van der Waals surface area contributed by atoms with Crippen LogP contribution in [0.3, 0.4) is 0 Å². The predicted octanol–water partition coefficient (Wildman–Crippen LogP) is 7.37. The third-order valence-electron chi connectivity index (χ3n) is 7.53. The molecule has 0 radical (unpaired) electrons. The first-order chi connectivity index (χ1) is 15.5. The van der Waals surface area contributed by atoms with Crippen molar-refractivity contribution in [2.75, 3.05) is 7.11 Å². The number of carbonyl (C=O) groups is 1. The number of ketones is 1. The lowest BCUT2D eigenvalue weighted by Gasteiger charge is -2.31. The van der Waals surface area contributed by atoms with Gasteiger partial charge in [-0.1, -0.05) is 57.5 Å². The molecule has 3 heteroatoms. The second-order valence-corrected chi connectivity index (χ2v) is 9.29. The van der Waals surface area contributed by atoms with E-state index in [2.05, 4.69) is 55.8 Å². The molecule has 0 aliphatic heterocycles. The normalized spacial score (nSPS) is 17.2. The molecule has 0 amide bonds. The molecule has 0 saturated carbocycles. The van der Waals surface area contributed by atoms with Gasteiger partial charge in [-0.05, 0) is 71.4 Å². The average molecular weight is 430 g/mol. The summed E-state index contributed by atoms with van der Waals surface area (Å²) in [5.74, 6) is 2.19. The van der Waals surface area contributed by atoms with E-state index in [-0.39, 0.29) is 5.78 Å². The van der Waals surface area contributed by atoms with E-state index in [1.165, 1.54) is 53.5 Å². The fraction of sp³-hybridized carbons (Fsp3) is 0.448. The summed E-state index contributed by atoms with van der Waals surface area (Å²) in [6.45, 7) is 10.6. The molecule has 0 N–H and O–H groups in total. The summed E-state index contributed by atoms with van der Waals surface area (Å²) in [6, 6.07) is 11.0. The predicted molar refractivity (Wildman–Crippen MR) is 133 cm³/mol. The van der Waals surface area contributed by atoms with Gasteiger partial charge >= 0.3 is 0 Å². The van der Waals surface area contributed by atoms with E-state index in [1.807, 2.05) is 6.92 Å². The number of aliphatic imine (C=N–C) groups is 1. The Hall–Kier alpha value is -2.68. The first kappa shape index (κ1) is 22.5. The molecular formula is C29H35NO2. The summed E-state index contributed by atoms with van der Waals surface area (Å²) in [5, 5.41) is 0. The third kappa shape index (κ3) is 4.18. The second-order valence-electron chi connectivity index (χ2n) is 9.29. The summed E-state index contributed by atoms with van der Waals surface area (Å²) in [4.78, 5) is 17.0.